The van der Waals surface area contributed by atoms with Gasteiger partial charge >= 0.3 is 6.03 Å². The Balaban J connectivity index is 1.30. The lowest BCUT2D eigenvalue weighted by Gasteiger charge is -2.24. The molecule has 0 bridgehead atoms. The predicted octanol–water partition coefficient (Wildman–Crippen LogP) is 2.86. The van der Waals surface area contributed by atoms with Crippen LogP contribution in [-0.2, 0) is 29.2 Å². The molecule has 1 fully saturated rings. The van der Waals surface area contributed by atoms with E-state index in [1.807, 2.05) is 25.1 Å². The number of amides is 5. The molecule has 1 atom stereocenters. The molecule has 2 aromatic rings. The number of urea groups is 1. The van der Waals surface area contributed by atoms with E-state index in [1.165, 1.54) is 16.2 Å². The molecule has 5 amide bonds. The summed E-state index contributed by atoms with van der Waals surface area (Å²) in [7, 11) is 0. The van der Waals surface area contributed by atoms with Crippen molar-refractivity contribution in [3.8, 4) is 0 Å². The minimum absolute atomic E-state index is 0.210. The molecule has 3 N–H and O–H groups in total. The van der Waals surface area contributed by atoms with Crippen LogP contribution in [0.15, 0.2) is 24.3 Å². The van der Waals surface area contributed by atoms with Gasteiger partial charge in [0.05, 0.1) is 18.7 Å². The van der Waals surface area contributed by atoms with Crippen LogP contribution in [0, 0.1) is 6.92 Å². The van der Waals surface area contributed by atoms with Crippen molar-refractivity contribution in [2.75, 3.05) is 0 Å². The van der Waals surface area contributed by atoms with Crippen molar-refractivity contribution in [1.29, 1.82) is 0 Å². The zero-order valence-electron chi connectivity index (χ0n) is 17.5. The molecule has 1 aromatic heterocycles. The van der Waals surface area contributed by atoms with Gasteiger partial charge in [-0.25, -0.2) is 4.79 Å². The Labute approximate surface area is 194 Å². The van der Waals surface area contributed by atoms with Crippen LogP contribution in [0.2, 0.25) is 5.02 Å². The Hall–Kier alpha value is -2.91. The van der Waals surface area contributed by atoms with Crippen LogP contribution in [-0.4, -0.2) is 34.7 Å². The zero-order valence-corrected chi connectivity index (χ0v) is 19.1. The number of hydrogen-bond acceptors (Lipinski definition) is 5. The van der Waals surface area contributed by atoms with Crippen LogP contribution < -0.4 is 16.0 Å². The zero-order chi connectivity index (χ0) is 22.8. The van der Waals surface area contributed by atoms with Gasteiger partial charge in [0.25, 0.3) is 5.91 Å². The van der Waals surface area contributed by atoms with Gasteiger partial charge in [0, 0.05) is 27.7 Å². The summed E-state index contributed by atoms with van der Waals surface area (Å²) in [6.45, 7) is 2.91. The lowest BCUT2D eigenvalue weighted by Crippen LogP contribution is -2.47. The Bertz CT molecular complexity index is 1100. The van der Waals surface area contributed by atoms with E-state index < -0.39 is 11.9 Å². The van der Waals surface area contributed by atoms with E-state index in [0.29, 0.717) is 49.5 Å². The number of halogens is 1. The number of fused-ring (bicyclic) bond motifs is 1. The van der Waals surface area contributed by atoms with Crippen molar-refractivity contribution in [2.45, 2.75) is 51.9 Å². The van der Waals surface area contributed by atoms with Crippen molar-refractivity contribution < 1.29 is 19.2 Å². The van der Waals surface area contributed by atoms with Crippen LogP contribution in [0.25, 0.3) is 0 Å². The number of carbonyl (C=O) groups excluding carboxylic acids is 4. The molecule has 0 aliphatic carbocycles. The Kier molecular flexibility index (Phi) is 6.48. The van der Waals surface area contributed by atoms with Crippen LogP contribution in [0.5, 0.6) is 0 Å². The summed E-state index contributed by atoms with van der Waals surface area (Å²) in [5.41, 5.74) is 2.44. The van der Waals surface area contributed by atoms with Gasteiger partial charge in [-0.05, 0) is 43.0 Å². The third kappa shape index (κ3) is 4.78. The second kappa shape index (κ2) is 9.30. The second-order valence-electron chi connectivity index (χ2n) is 7.92. The quantitative estimate of drug-likeness (QED) is 0.579. The SMILES string of the molecule is Cc1ccc(CNC(=O)NCc2cc3c(s2)CN(C2CCCC(=O)NC2=O)C3=O)cc1Cl. The average Bonchev–Trinajstić information content (AvgIpc) is 3.23. The number of rotatable bonds is 5. The first-order valence-corrected chi connectivity index (χ1v) is 11.5. The molecule has 1 aromatic carbocycles. The Morgan fingerprint density at radius 3 is 2.75 bits per heavy atom. The first-order chi connectivity index (χ1) is 15.3. The van der Waals surface area contributed by atoms with E-state index in [1.54, 1.807) is 6.07 Å². The molecule has 4 rings (SSSR count). The fourth-order valence-electron chi connectivity index (χ4n) is 3.83. The van der Waals surface area contributed by atoms with E-state index in [9.17, 15) is 19.2 Å². The molecule has 3 heterocycles. The third-order valence-electron chi connectivity index (χ3n) is 5.60. The number of imide groups is 1. The van der Waals surface area contributed by atoms with Gasteiger partial charge in [0.15, 0.2) is 0 Å². The van der Waals surface area contributed by atoms with Crippen LogP contribution in [0.1, 0.15) is 50.5 Å². The van der Waals surface area contributed by atoms with Crippen molar-refractivity contribution in [3.05, 3.63) is 55.7 Å². The molecule has 2 aliphatic rings. The van der Waals surface area contributed by atoms with Crippen molar-refractivity contribution >= 4 is 46.7 Å². The van der Waals surface area contributed by atoms with E-state index >= 15 is 0 Å². The van der Waals surface area contributed by atoms with Gasteiger partial charge in [0.2, 0.25) is 11.8 Å². The monoisotopic (exact) mass is 474 g/mol. The summed E-state index contributed by atoms with van der Waals surface area (Å²) < 4.78 is 0. The minimum Gasteiger partial charge on any atom is -0.334 e. The first kappa shape index (κ1) is 22.3. The maximum Gasteiger partial charge on any atom is 0.315 e. The number of thiophene rings is 1. The van der Waals surface area contributed by atoms with Crippen molar-refractivity contribution in [1.82, 2.24) is 20.9 Å². The molecule has 10 heteroatoms. The lowest BCUT2D eigenvalue weighted by atomic mass is 10.1. The number of carbonyl (C=O) groups is 4. The minimum atomic E-state index is -0.629. The van der Waals surface area contributed by atoms with Gasteiger partial charge in [0.1, 0.15) is 6.04 Å². The highest BCUT2D eigenvalue weighted by Crippen LogP contribution is 2.33. The molecule has 168 valence electrons. The van der Waals surface area contributed by atoms with Crippen LogP contribution in [0.4, 0.5) is 4.79 Å². The van der Waals surface area contributed by atoms with E-state index in [0.717, 1.165) is 20.9 Å². The van der Waals surface area contributed by atoms with Gasteiger partial charge in [-0.3, -0.25) is 19.7 Å². The second-order valence-corrected chi connectivity index (χ2v) is 9.55. The smallest absolute Gasteiger partial charge is 0.315 e. The van der Waals surface area contributed by atoms with Gasteiger partial charge < -0.3 is 15.5 Å². The normalized spacial score (nSPS) is 18.2. The Morgan fingerprint density at radius 1 is 1.22 bits per heavy atom. The molecule has 8 nitrogen and oxygen atoms in total. The highest BCUT2D eigenvalue weighted by atomic mass is 35.5. The number of nitrogens with one attached hydrogen (secondary N) is 3. The fourth-order valence-corrected chi connectivity index (χ4v) is 5.13. The van der Waals surface area contributed by atoms with Gasteiger partial charge in [-0.2, -0.15) is 0 Å². The molecule has 0 spiro atoms. The molecule has 1 saturated heterocycles. The summed E-state index contributed by atoms with van der Waals surface area (Å²) in [6, 6.07) is 6.46. The maximum atomic E-state index is 12.9. The summed E-state index contributed by atoms with van der Waals surface area (Å²) in [5, 5.41) is 8.59. The van der Waals surface area contributed by atoms with Crippen molar-refractivity contribution in [2.24, 2.45) is 0 Å². The molecule has 0 radical (unpaired) electrons. The Morgan fingerprint density at radius 2 is 2.00 bits per heavy atom. The van der Waals surface area contributed by atoms with E-state index in [4.69, 9.17) is 11.6 Å². The molecular weight excluding hydrogens is 452 g/mol. The average molecular weight is 475 g/mol. The molecule has 0 saturated carbocycles. The highest BCUT2D eigenvalue weighted by molar-refractivity contribution is 7.12. The van der Waals surface area contributed by atoms with Gasteiger partial charge in [-0.1, -0.05) is 23.7 Å². The number of benzene rings is 1. The number of aryl methyl sites for hydroxylation is 1. The van der Waals surface area contributed by atoms with Gasteiger partial charge in [-0.15, -0.1) is 11.3 Å². The number of hydrogen-bond donors (Lipinski definition) is 3. The molecule has 2 aliphatic heterocycles. The van der Waals surface area contributed by atoms with Crippen molar-refractivity contribution in [3.63, 3.8) is 0 Å². The predicted molar refractivity (Wildman–Crippen MR) is 120 cm³/mol. The third-order valence-corrected chi connectivity index (χ3v) is 7.13. The lowest BCUT2D eigenvalue weighted by molar-refractivity contribution is -0.132. The number of nitrogens with zero attached hydrogens (tertiary/aromatic N) is 1. The van der Waals surface area contributed by atoms with Crippen LogP contribution in [0.3, 0.4) is 0 Å². The van der Waals surface area contributed by atoms with E-state index in [-0.39, 0.29) is 17.8 Å². The summed E-state index contributed by atoms with van der Waals surface area (Å²) in [5.74, 6) is -0.918. The highest BCUT2D eigenvalue weighted by Gasteiger charge is 2.39. The van der Waals surface area contributed by atoms with Crippen LogP contribution >= 0.6 is 22.9 Å². The van der Waals surface area contributed by atoms with E-state index in [2.05, 4.69) is 16.0 Å². The summed E-state index contributed by atoms with van der Waals surface area (Å²) in [6.07, 6.45) is 1.33. The largest absolute Gasteiger partial charge is 0.334 e. The molecule has 32 heavy (non-hydrogen) atoms. The standard InChI is InChI=1S/C22H23ClN4O4S/c1-12-5-6-13(7-16(12)23)9-24-22(31)25-10-14-8-15-18(32-14)11-27(21(15)30)17-3-2-4-19(28)26-20(17)29/h5-8,17H,2-4,9-11H2,1H3,(H2,24,25,31)(H,26,28,29). The maximum absolute atomic E-state index is 12.9. The fraction of sp³-hybridized carbons (Fsp3) is 0.364. The summed E-state index contributed by atoms with van der Waals surface area (Å²) in [4.78, 5) is 52.1. The molecule has 1 unspecified atom stereocenters. The molecular formula is C22H23ClN4O4S. The first-order valence-electron chi connectivity index (χ1n) is 10.3. The summed E-state index contributed by atoms with van der Waals surface area (Å²) >= 11 is 7.55. The topological polar surface area (TPSA) is 108 Å².